The fraction of sp³-hybridized carbons (Fsp3) is 0.125. The van der Waals surface area contributed by atoms with Gasteiger partial charge in [0.05, 0.1) is 0 Å². The van der Waals surface area contributed by atoms with Crippen molar-refractivity contribution in [1.82, 2.24) is 10.2 Å². The number of nitrogens with one attached hydrogen (secondary N) is 1. The molecule has 0 radical (unpaired) electrons. The van der Waals surface area contributed by atoms with Crippen molar-refractivity contribution in [2.75, 3.05) is 5.32 Å². The highest BCUT2D eigenvalue weighted by molar-refractivity contribution is 9.10. The maximum Gasteiger partial charge on any atom is 0.206 e. The predicted molar refractivity (Wildman–Crippen MR) is 97.4 cm³/mol. The summed E-state index contributed by atoms with van der Waals surface area (Å²) in [5.74, 6) is 0.884. The molecule has 22 heavy (non-hydrogen) atoms. The summed E-state index contributed by atoms with van der Waals surface area (Å²) >= 11 is 6.86. The van der Waals surface area contributed by atoms with Crippen LogP contribution in [0.25, 0.3) is 0 Å². The van der Waals surface area contributed by atoms with E-state index in [1.807, 2.05) is 30.3 Å². The van der Waals surface area contributed by atoms with Crippen LogP contribution in [0.2, 0.25) is 0 Å². The smallest absolute Gasteiger partial charge is 0.206 e. The van der Waals surface area contributed by atoms with Crippen LogP contribution in [0.15, 0.2) is 63.4 Å². The lowest BCUT2D eigenvalue weighted by atomic mass is 10.2. The summed E-state index contributed by atoms with van der Waals surface area (Å²) in [7, 11) is 0. The molecule has 1 N–H and O–H groups in total. The monoisotopic (exact) mass is 391 g/mol. The van der Waals surface area contributed by atoms with Gasteiger partial charge in [-0.1, -0.05) is 87.6 Å². The molecule has 112 valence electrons. The third-order valence-corrected chi connectivity index (χ3v) is 5.84. The average Bonchev–Trinajstić information content (AvgIpc) is 3.01. The normalized spacial score (nSPS) is 10.6. The Kier molecular flexibility index (Phi) is 5.48. The van der Waals surface area contributed by atoms with Crippen molar-refractivity contribution in [3.8, 4) is 0 Å². The second kappa shape index (κ2) is 7.76. The highest BCUT2D eigenvalue weighted by Crippen LogP contribution is 2.30. The van der Waals surface area contributed by atoms with E-state index < -0.39 is 0 Å². The van der Waals surface area contributed by atoms with Crippen molar-refractivity contribution in [1.29, 1.82) is 0 Å². The number of benzene rings is 2. The highest BCUT2D eigenvalue weighted by atomic mass is 79.9. The first-order valence-corrected chi connectivity index (χ1v) is 9.38. The molecule has 0 spiro atoms. The van der Waals surface area contributed by atoms with E-state index in [1.165, 1.54) is 11.1 Å². The average molecular weight is 392 g/mol. The van der Waals surface area contributed by atoms with Crippen molar-refractivity contribution >= 4 is 44.2 Å². The van der Waals surface area contributed by atoms with Crippen molar-refractivity contribution in [3.63, 3.8) is 0 Å². The van der Waals surface area contributed by atoms with Gasteiger partial charge in [0.2, 0.25) is 5.13 Å². The number of nitrogens with zero attached hydrogens (tertiary/aromatic N) is 2. The molecular weight excluding hydrogens is 378 g/mol. The second-order valence-corrected chi connectivity index (χ2v) is 7.65. The first-order chi connectivity index (χ1) is 10.8. The van der Waals surface area contributed by atoms with E-state index in [0.29, 0.717) is 0 Å². The molecule has 1 aromatic heterocycles. The van der Waals surface area contributed by atoms with E-state index in [0.717, 1.165) is 26.2 Å². The second-order valence-electron chi connectivity index (χ2n) is 4.59. The Morgan fingerprint density at radius 2 is 1.77 bits per heavy atom. The van der Waals surface area contributed by atoms with Crippen molar-refractivity contribution < 1.29 is 0 Å². The molecule has 0 amide bonds. The Balaban J connectivity index is 1.54. The van der Waals surface area contributed by atoms with Gasteiger partial charge in [-0.2, -0.15) is 0 Å². The SMILES string of the molecule is Brc1ccccc1CSc1nnc(NCc2ccccc2)s1. The van der Waals surface area contributed by atoms with Crippen LogP contribution in [0.4, 0.5) is 5.13 Å². The van der Waals surface area contributed by atoms with Gasteiger partial charge in [0.1, 0.15) is 0 Å². The lowest BCUT2D eigenvalue weighted by Crippen LogP contribution is -1.98. The maximum absolute atomic E-state index is 4.23. The minimum atomic E-state index is 0.768. The topological polar surface area (TPSA) is 37.8 Å². The number of hydrogen-bond donors (Lipinski definition) is 1. The van der Waals surface area contributed by atoms with E-state index in [-0.39, 0.29) is 0 Å². The van der Waals surface area contributed by atoms with Crippen LogP contribution in [0.5, 0.6) is 0 Å². The van der Waals surface area contributed by atoms with Gasteiger partial charge in [-0.05, 0) is 17.2 Å². The number of rotatable bonds is 6. The molecular formula is C16H14BrN3S2. The van der Waals surface area contributed by atoms with E-state index in [2.05, 4.69) is 55.7 Å². The quantitative estimate of drug-likeness (QED) is 0.585. The van der Waals surface area contributed by atoms with Crippen LogP contribution in [0, 0.1) is 0 Å². The third-order valence-electron chi connectivity index (χ3n) is 3.00. The summed E-state index contributed by atoms with van der Waals surface area (Å²) < 4.78 is 2.11. The molecule has 0 aliphatic heterocycles. The Morgan fingerprint density at radius 1 is 1.00 bits per heavy atom. The first kappa shape index (κ1) is 15.5. The number of anilines is 1. The van der Waals surface area contributed by atoms with Gasteiger partial charge in [0, 0.05) is 16.8 Å². The van der Waals surface area contributed by atoms with Crippen molar-refractivity contribution in [3.05, 3.63) is 70.2 Å². The number of halogens is 1. The molecule has 0 aliphatic rings. The highest BCUT2D eigenvalue weighted by Gasteiger charge is 2.06. The molecule has 3 rings (SSSR count). The van der Waals surface area contributed by atoms with E-state index in [4.69, 9.17) is 0 Å². The zero-order chi connectivity index (χ0) is 15.2. The molecule has 0 bridgehead atoms. The molecule has 3 nitrogen and oxygen atoms in total. The first-order valence-electron chi connectivity index (χ1n) is 6.79. The molecule has 0 aliphatic carbocycles. The molecule has 6 heteroatoms. The van der Waals surface area contributed by atoms with Gasteiger partial charge in [-0.3, -0.25) is 0 Å². The number of hydrogen-bond acceptors (Lipinski definition) is 5. The van der Waals surface area contributed by atoms with Crippen LogP contribution in [0.3, 0.4) is 0 Å². The van der Waals surface area contributed by atoms with Crippen LogP contribution >= 0.6 is 39.0 Å². The van der Waals surface area contributed by atoms with Gasteiger partial charge in [0.25, 0.3) is 0 Å². The zero-order valence-electron chi connectivity index (χ0n) is 11.7. The van der Waals surface area contributed by atoms with Crippen LogP contribution in [-0.2, 0) is 12.3 Å². The third kappa shape index (κ3) is 4.32. The Morgan fingerprint density at radius 3 is 2.59 bits per heavy atom. The molecule has 2 aromatic carbocycles. The summed E-state index contributed by atoms with van der Waals surface area (Å²) in [5, 5.41) is 12.6. The number of thioether (sulfide) groups is 1. The minimum Gasteiger partial charge on any atom is -0.356 e. The van der Waals surface area contributed by atoms with Gasteiger partial charge < -0.3 is 5.32 Å². The van der Waals surface area contributed by atoms with Gasteiger partial charge >= 0.3 is 0 Å². The minimum absolute atomic E-state index is 0.768. The summed E-state index contributed by atoms with van der Waals surface area (Å²) in [5.41, 5.74) is 2.50. The van der Waals surface area contributed by atoms with Crippen molar-refractivity contribution in [2.24, 2.45) is 0 Å². The molecule has 0 atom stereocenters. The fourth-order valence-corrected chi connectivity index (χ4v) is 4.23. The van der Waals surface area contributed by atoms with Gasteiger partial charge in [-0.15, -0.1) is 10.2 Å². The summed E-state index contributed by atoms with van der Waals surface area (Å²) in [6, 6.07) is 18.5. The molecule has 1 heterocycles. The standard InChI is InChI=1S/C16H14BrN3S2/c17-14-9-5-4-8-13(14)11-21-16-20-19-15(22-16)18-10-12-6-2-1-3-7-12/h1-9H,10-11H2,(H,18,19). The molecule has 0 unspecified atom stereocenters. The van der Waals surface area contributed by atoms with E-state index in [1.54, 1.807) is 23.1 Å². The van der Waals surface area contributed by atoms with Crippen molar-refractivity contribution in [2.45, 2.75) is 16.6 Å². The van der Waals surface area contributed by atoms with Crippen LogP contribution < -0.4 is 5.32 Å². The largest absolute Gasteiger partial charge is 0.356 e. The Hall–Kier alpha value is -1.37. The van der Waals surface area contributed by atoms with Gasteiger partial charge in [-0.25, -0.2) is 0 Å². The Labute approximate surface area is 146 Å². The van der Waals surface area contributed by atoms with Crippen LogP contribution in [-0.4, -0.2) is 10.2 Å². The van der Waals surface area contributed by atoms with Gasteiger partial charge in [0.15, 0.2) is 4.34 Å². The summed E-state index contributed by atoms with van der Waals surface area (Å²) in [6.07, 6.45) is 0. The number of aromatic nitrogens is 2. The summed E-state index contributed by atoms with van der Waals surface area (Å²) in [6.45, 7) is 0.768. The Bertz CT molecular complexity index is 731. The zero-order valence-corrected chi connectivity index (χ0v) is 14.9. The fourth-order valence-electron chi connectivity index (χ4n) is 1.87. The predicted octanol–water partition coefficient (Wildman–Crippen LogP) is 5.21. The lowest BCUT2D eigenvalue weighted by molar-refractivity contribution is 0.995. The van der Waals surface area contributed by atoms with E-state index >= 15 is 0 Å². The summed E-state index contributed by atoms with van der Waals surface area (Å²) in [4.78, 5) is 0. The molecule has 0 saturated carbocycles. The lowest BCUT2D eigenvalue weighted by Gasteiger charge is -2.01. The van der Waals surface area contributed by atoms with E-state index in [9.17, 15) is 0 Å². The molecule has 3 aromatic rings. The molecule has 0 fully saturated rings. The van der Waals surface area contributed by atoms with Crippen LogP contribution in [0.1, 0.15) is 11.1 Å². The maximum atomic E-state index is 4.23. The molecule has 0 saturated heterocycles.